The lowest BCUT2D eigenvalue weighted by molar-refractivity contribution is 0.0601. The zero-order valence-electron chi connectivity index (χ0n) is 15.3. The van der Waals surface area contributed by atoms with Crippen LogP contribution in [0.5, 0.6) is 5.75 Å². The number of amides is 1. The van der Waals surface area contributed by atoms with Gasteiger partial charge in [-0.3, -0.25) is 4.79 Å². The second-order valence-corrected chi connectivity index (χ2v) is 5.62. The normalized spacial score (nSPS) is 10.1. The number of carbonyl (C=O) groups is 2. The first kappa shape index (κ1) is 18.8. The summed E-state index contributed by atoms with van der Waals surface area (Å²) in [4.78, 5) is 24.2. The summed E-state index contributed by atoms with van der Waals surface area (Å²) in [5, 5.41) is 13.7. The van der Waals surface area contributed by atoms with Crippen LogP contribution in [0.25, 0.3) is 0 Å². The maximum Gasteiger partial charge on any atom is 0.339 e. The van der Waals surface area contributed by atoms with Crippen molar-refractivity contribution in [1.82, 2.24) is 10.2 Å². The summed E-state index contributed by atoms with van der Waals surface area (Å²) < 4.78 is 9.95. The fourth-order valence-electron chi connectivity index (χ4n) is 2.50. The third-order valence-corrected chi connectivity index (χ3v) is 3.85. The topological polar surface area (TPSA) is 102 Å². The number of anilines is 3. The van der Waals surface area contributed by atoms with E-state index < -0.39 is 5.97 Å². The highest BCUT2D eigenvalue weighted by Crippen LogP contribution is 2.21. The Hall–Kier alpha value is -3.94. The van der Waals surface area contributed by atoms with Crippen LogP contribution >= 0.6 is 0 Å². The zero-order chi connectivity index (χ0) is 19.9. The van der Waals surface area contributed by atoms with E-state index in [0.717, 1.165) is 0 Å². The third-order valence-electron chi connectivity index (χ3n) is 3.85. The predicted molar refractivity (Wildman–Crippen MR) is 104 cm³/mol. The van der Waals surface area contributed by atoms with Crippen molar-refractivity contribution < 1.29 is 19.1 Å². The quantitative estimate of drug-likeness (QED) is 0.635. The monoisotopic (exact) mass is 378 g/mol. The van der Waals surface area contributed by atoms with Crippen LogP contribution in [0.15, 0.2) is 60.7 Å². The first-order valence-corrected chi connectivity index (χ1v) is 8.35. The number of nitrogens with zero attached hydrogens (tertiary/aromatic N) is 2. The third kappa shape index (κ3) is 4.24. The van der Waals surface area contributed by atoms with Gasteiger partial charge in [0.25, 0.3) is 5.91 Å². The van der Waals surface area contributed by atoms with E-state index in [9.17, 15) is 9.59 Å². The van der Waals surface area contributed by atoms with Gasteiger partial charge in [-0.1, -0.05) is 24.3 Å². The van der Waals surface area contributed by atoms with Gasteiger partial charge in [0.2, 0.25) is 0 Å². The molecule has 1 amide bonds. The fraction of sp³-hybridized carbons (Fsp3) is 0.100. The van der Waals surface area contributed by atoms with Gasteiger partial charge < -0.3 is 20.1 Å². The van der Waals surface area contributed by atoms with E-state index in [1.165, 1.54) is 14.2 Å². The van der Waals surface area contributed by atoms with Gasteiger partial charge in [-0.2, -0.15) is 0 Å². The Morgan fingerprint density at radius 3 is 2.14 bits per heavy atom. The number of esters is 1. The molecule has 0 unspecified atom stereocenters. The smallest absolute Gasteiger partial charge is 0.339 e. The largest absolute Gasteiger partial charge is 0.496 e. The number of para-hydroxylation sites is 2. The molecular formula is C20H18N4O4. The molecule has 3 aromatic rings. The Labute approximate surface area is 161 Å². The van der Waals surface area contributed by atoms with Gasteiger partial charge in [0, 0.05) is 0 Å². The summed E-state index contributed by atoms with van der Waals surface area (Å²) in [6.45, 7) is 0. The summed E-state index contributed by atoms with van der Waals surface area (Å²) in [6, 6.07) is 17.0. The molecule has 2 N–H and O–H groups in total. The molecule has 0 atom stereocenters. The van der Waals surface area contributed by atoms with Gasteiger partial charge in [0.1, 0.15) is 5.75 Å². The van der Waals surface area contributed by atoms with Crippen LogP contribution < -0.4 is 15.4 Å². The van der Waals surface area contributed by atoms with Crippen LogP contribution in [0.1, 0.15) is 20.7 Å². The average molecular weight is 378 g/mol. The van der Waals surface area contributed by atoms with Gasteiger partial charge >= 0.3 is 5.97 Å². The molecule has 142 valence electrons. The number of hydrogen-bond donors (Lipinski definition) is 2. The minimum absolute atomic E-state index is 0.280. The number of hydrogen-bond acceptors (Lipinski definition) is 7. The number of nitrogens with one attached hydrogen (secondary N) is 2. The highest BCUT2D eigenvalue weighted by molar-refractivity contribution is 6.05. The molecule has 0 aliphatic rings. The van der Waals surface area contributed by atoms with E-state index >= 15 is 0 Å². The van der Waals surface area contributed by atoms with Gasteiger partial charge in [0.15, 0.2) is 11.6 Å². The Morgan fingerprint density at radius 2 is 1.46 bits per heavy atom. The second kappa shape index (κ2) is 8.63. The molecule has 3 rings (SSSR count). The van der Waals surface area contributed by atoms with Gasteiger partial charge in [0.05, 0.1) is 31.0 Å². The zero-order valence-corrected chi connectivity index (χ0v) is 15.3. The van der Waals surface area contributed by atoms with E-state index in [1.807, 2.05) is 0 Å². The number of rotatable bonds is 6. The fourth-order valence-corrected chi connectivity index (χ4v) is 2.50. The molecule has 1 heterocycles. The lowest BCUT2D eigenvalue weighted by Crippen LogP contribution is -2.14. The van der Waals surface area contributed by atoms with Gasteiger partial charge in [-0.15, -0.1) is 10.2 Å². The van der Waals surface area contributed by atoms with E-state index in [2.05, 4.69) is 20.8 Å². The Morgan fingerprint density at radius 1 is 0.821 bits per heavy atom. The Kier molecular flexibility index (Phi) is 5.81. The Bertz CT molecular complexity index is 990. The molecule has 0 fully saturated rings. The molecule has 1 aromatic heterocycles. The van der Waals surface area contributed by atoms with E-state index in [-0.39, 0.29) is 11.7 Å². The first-order chi connectivity index (χ1) is 13.6. The molecule has 0 saturated heterocycles. The highest BCUT2D eigenvalue weighted by atomic mass is 16.5. The van der Waals surface area contributed by atoms with Gasteiger partial charge in [-0.05, 0) is 36.4 Å². The van der Waals surface area contributed by atoms with Crippen molar-refractivity contribution in [2.75, 3.05) is 24.9 Å². The number of carbonyl (C=O) groups excluding carboxylic acids is 2. The molecule has 8 nitrogen and oxygen atoms in total. The molecule has 28 heavy (non-hydrogen) atoms. The number of benzene rings is 2. The SMILES string of the molecule is COC(=O)c1ccccc1Nc1ccc(NC(=O)c2ccccc2OC)nn1. The summed E-state index contributed by atoms with van der Waals surface area (Å²) in [5.74, 6) is 0.334. The molecule has 0 aliphatic heterocycles. The molecule has 0 radical (unpaired) electrons. The lowest BCUT2D eigenvalue weighted by atomic mass is 10.2. The van der Waals surface area contributed by atoms with Crippen molar-refractivity contribution in [1.29, 1.82) is 0 Å². The summed E-state index contributed by atoms with van der Waals surface area (Å²) >= 11 is 0. The van der Waals surface area contributed by atoms with Crippen LogP contribution in [0.3, 0.4) is 0 Å². The van der Waals surface area contributed by atoms with Gasteiger partial charge in [-0.25, -0.2) is 4.79 Å². The predicted octanol–water partition coefficient (Wildman–Crippen LogP) is 3.27. The number of methoxy groups -OCH3 is 2. The standard InChI is InChI=1S/C20H18N4O4/c1-27-16-10-6-4-8-14(16)19(25)22-18-12-11-17(23-24-18)21-15-9-5-3-7-13(15)20(26)28-2/h3-12H,1-2H3,(H,21,23)(H,22,24,25). The van der Waals surface area contributed by atoms with Crippen LogP contribution in [0.2, 0.25) is 0 Å². The van der Waals surface area contributed by atoms with E-state index in [1.54, 1.807) is 60.7 Å². The summed E-state index contributed by atoms with van der Waals surface area (Å²) in [5.41, 5.74) is 1.30. The van der Waals surface area contributed by atoms with Crippen LogP contribution in [-0.4, -0.2) is 36.3 Å². The van der Waals surface area contributed by atoms with Crippen LogP contribution in [0.4, 0.5) is 17.3 Å². The molecule has 2 aromatic carbocycles. The molecule has 0 saturated carbocycles. The Balaban J connectivity index is 1.73. The average Bonchev–Trinajstić information content (AvgIpc) is 2.75. The second-order valence-electron chi connectivity index (χ2n) is 5.62. The van der Waals surface area contributed by atoms with Crippen molar-refractivity contribution in [3.8, 4) is 5.75 Å². The minimum atomic E-state index is -0.461. The maximum atomic E-state index is 12.4. The lowest BCUT2D eigenvalue weighted by Gasteiger charge is -2.10. The number of ether oxygens (including phenoxy) is 2. The molecule has 0 spiro atoms. The minimum Gasteiger partial charge on any atom is -0.496 e. The van der Waals surface area contributed by atoms with Crippen LogP contribution in [-0.2, 0) is 4.74 Å². The summed E-state index contributed by atoms with van der Waals surface area (Å²) in [6.07, 6.45) is 0. The van der Waals surface area contributed by atoms with Crippen molar-refractivity contribution in [2.45, 2.75) is 0 Å². The highest BCUT2D eigenvalue weighted by Gasteiger charge is 2.14. The molecule has 0 bridgehead atoms. The van der Waals surface area contributed by atoms with E-state index in [0.29, 0.717) is 28.4 Å². The van der Waals surface area contributed by atoms with E-state index in [4.69, 9.17) is 9.47 Å². The maximum absolute atomic E-state index is 12.4. The molecule has 8 heteroatoms. The van der Waals surface area contributed by atoms with Crippen molar-refractivity contribution in [3.05, 3.63) is 71.8 Å². The van der Waals surface area contributed by atoms with Crippen molar-refractivity contribution in [3.63, 3.8) is 0 Å². The van der Waals surface area contributed by atoms with Crippen molar-refractivity contribution >= 4 is 29.2 Å². The molecular weight excluding hydrogens is 360 g/mol. The molecule has 0 aliphatic carbocycles. The van der Waals surface area contributed by atoms with Crippen LogP contribution in [0, 0.1) is 0 Å². The van der Waals surface area contributed by atoms with Crippen molar-refractivity contribution in [2.24, 2.45) is 0 Å². The first-order valence-electron chi connectivity index (χ1n) is 8.35. The number of aromatic nitrogens is 2. The summed E-state index contributed by atoms with van der Waals surface area (Å²) in [7, 11) is 2.82.